The van der Waals surface area contributed by atoms with Gasteiger partial charge in [-0.3, -0.25) is 9.69 Å². The second-order valence-electron chi connectivity index (χ2n) is 6.63. The van der Waals surface area contributed by atoms with Crippen LogP contribution >= 0.6 is 31.9 Å². The summed E-state index contributed by atoms with van der Waals surface area (Å²) < 4.78 is 28.5. The van der Waals surface area contributed by atoms with E-state index in [1.165, 1.54) is 16.6 Å². The maximum absolute atomic E-state index is 12.7. The third-order valence-electron chi connectivity index (χ3n) is 4.53. The summed E-state index contributed by atoms with van der Waals surface area (Å²) in [6, 6.07) is 11.4. The number of aromatic hydroxyl groups is 1. The van der Waals surface area contributed by atoms with Crippen molar-refractivity contribution in [3.05, 3.63) is 57.0 Å². The van der Waals surface area contributed by atoms with Crippen LogP contribution in [0.15, 0.2) is 61.4 Å². The van der Waals surface area contributed by atoms with Crippen LogP contribution in [0.25, 0.3) is 0 Å². The van der Waals surface area contributed by atoms with Crippen molar-refractivity contribution in [2.24, 2.45) is 5.10 Å². The van der Waals surface area contributed by atoms with Gasteiger partial charge in [0.15, 0.2) is 0 Å². The summed E-state index contributed by atoms with van der Waals surface area (Å²) in [7, 11) is -3.55. The molecule has 0 saturated carbocycles. The van der Waals surface area contributed by atoms with Gasteiger partial charge in [-0.15, -0.1) is 0 Å². The highest BCUT2D eigenvalue weighted by Crippen LogP contribution is 2.21. The van der Waals surface area contributed by atoms with Gasteiger partial charge in [0.25, 0.3) is 5.91 Å². The predicted octanol–water partition coefficient (Wildman–Crippen LogP) is 2.37. The fourth-order valence-electron chi connectivity index (χ4n) is 2.92. The SMILES string of the molecule is O=C(CN1CCN(S(=O)(=O)c2ccc(Br)cc2)CC1)NN=Cc1cc(Br)ccc1O. The Balaban J connectivity index is 1.49. The van der Waals surface area contributed by atoms with Crippen molar-refractivity contribution in [2.45, 2.75) is 4.90 Å². The summed E-state index contributed by atoms with van der Waals surface area (Å²) >= 11 is 6.60. The lowest BCUT2D eigenvalue weighted by atomic mass is 10.2. The lowest BCUT2D eigenvalue weighted by Gasteiger charge is -2.33. The summed E-state index contributed by atoms with van der Waals surface area (Å²) in [5.74, 6) is -0.260. The fourth-order valence-corrected chi connectivity index (χ4v) is 4.99. The molecule has 2 N–H and O–H groups in total. The maximum atomic E-state index is 12.7. The Labute approximate surface area is 191 Å². The Morgan fingerprint density at radius 3 is 2.37 bits per heavy atom. The van der Waals surface area contributed by atoms with Gasteiger partial charge >= 0.3 is 0 Å². The molecule has 1 heterocycles. The largest absolute Gasteiger partial charge is 0.507 e. The Kier molecular flexibility index (Phi) is 7.64. The number of carbonyl (C=O) groups is 1. The number of nitrogens with one attached hydrogen (secondary N) is 1. The van der Waals surface area contributed by atoms with Gasteiger partial charge in [0, 0.05) is 40.7 Å². The van der Waals surface area contributed by atoms with Crippen LogP contribution in [-0.4, -0.2) is 67.6 Å². The number of piperazine rings is 1. The van der Waals surface area contributed by atoms with E-state index in [-0.39, 0.29) is 23.1 Å². The van der Waals surface area contributed by atoms with Crippen LogP contribution < -0.4 is 5.43 Å². The molecule has 11 heteroatoms. The smallest absolute Gasteiger partial charge is 0.254 e. The molecule has 0 spiro atoms. The summed E-state index contributed by atoms with van der Waals surface area (Å²) in [5.41, 5.74) is 2.89. The van der Waals surface area contributed by atoms with Crippen molar-refractivity contribution < 1.29 is 18.3 Å². The highest BCUT2D eigenvalue weighted by Gasteiger charge is 2.28. The number of phenols is 1. The molecule has 1 aliphatic rings. The number of nitrogens with zero attached hydrogens (tertiary/aromatic N) is 3. The van der Waals surface area contributed by atoms with E-state index in [1.54, 1.807) is 36.4 Å². The molecule has 1 saturated heterocycles. The average Bonchev–Trinajstić information content (AvgIpc) is 2.71. The molecule has 0 bridgehead atoms. The second kappa shape index (κ2) is 10.0. The van der Waals surface area contributed by atoms with Gasteiger partial charge in [0.1, 0.15) is 5.75 Å². The first-order valence-corrected chi connectivity index (χ1v) is 12.1. The predicted molar refractivity (Wildman–Crippen MR) is 121 cm³/mol. The topological polar surface area (TPSA) is 102 Å². The average molecular weight is 560 g/mol. The first-order chi connectivity index (χ1) is 14.3. The molecule has 0 radical (unpaired) electrons. The quantitative estimate of drug-likeness (QED) is 0.418. The minimum Gasteiger partial charge on any atom is -0.507 e. The van der Waals surface area contributed by atoms with Crippen molar-refractivity contribution in [3.63, 3.8) is 0 Å². The third kappa shape index (κ3) is 5.88. The van der Waals surface area contributed by atoms with Crippen molar-refractivity contribution >= 4 is 54.0 Å². The number of hydrogen-bond donors (Lipinski definition) is 2. The van der Waals surface area contributed by atoms with Crippen molar-refractivity contribution in [1.29, 1.82) is 0 Å². The van der Waals surface area contributed by atoms with Crippen LogP contribution in [-0.2, 0) is 14.8 Å². The first-order valence-electron chi connectivity index (χ1n) is 9.04. The summed E-state index contributed by atoms with van der Waals surface area (Å²) in [5, 5.41) is 13.6. The van der Waals surface area contributed by atoms with Gasteiger partial charge in [-0.2, -0.15) is 9.41 Å². The number of benzene rings is 2. The molecule has 160 valence electrons. The Morgan fingerprint density at radius 2 is 1.70 bits per heavy atom. The number of hydrazone groups is 1. The van der Waals surface area contributed by atoms with E-state index in [0.29, 0.717) is 31.7 Å². The molecule has 1 fully saturated rings. The lowest BCUT2D eigenvalue weighted by Crippen LogP contribution is -2.50. The van der Waals surface area contributed by atoms with E-state index in [2.05, 4.69) is 42.4 Å². The maximum Gasteiger partial charge on any atom is 0.254 e. The van der Waals surface area contributed by atoms with Crippen LogP contribution in [0.1, 0.15) is 5.56 Å². The molecule has 1 aliphatic heterocycles. The van der Waals surface area contributed by atoms with Gasteiger partial charge < -0.3 is 5.11 Å². The molecule has 0 aromatic heterocycles. The van der Waals surface area contributed by atoms with Gasteiger partial charge in [-0.25, -0.2) is 13.8 Å². The van der Waals surface area contributed by atoms with E-state index < -0.39 is 10.0 Å². The molecule has 0 aliphatic carbocycles. The normalized spacial score (nSPS) is 16.1. The lowest BCUT2D eigenvalue weighted by molar-refractivity contribution is -0.122. The van der Waals surface area contributed by atoms with Crippen LogP contribution in [0.5, 0.6) is 5.75 Å². The molecule has 30 heavy (non-hydrogen) atoms. The Hall–Kier alpha value is -1.79. The van der Waals surface area contributed by atoms with Crippen molar-refractivity contribution in [1.82, 2.24) is 14.6 Å². The molecule has 2 aromatic rings. The van der Waals surface area contributed by atoms with Crippen LogP contribution in [0.4, 0.5) is 0 Å². The van der Waals surface area contributed by atoms with Crippen LogP contribution in [0.2, 0.25) is 0 Å². The van der Waals surface area contributed by atoms with E-state index in [4.69, 9.17) is 0 Å². The van der Waals surface area contributed by atoms with Gasteiger partial charge in [-0.05, 0) is 42.5 Å². The highest BCUT2D eigenvalue weighted by atomic mass is 79.9. The van der Waals surface area contributed by atoms with Crippen LogP contribution in [0, 0.1) is 0 Å². The van der Waals surface area contributed by atoms with E-state index in [9.17, 15) is 18.3 Å². The number of carbonyl (C=O) groups excluding carboxylic acids is 1. The second-order valence-corrected chi connectivity index (χ2v) is 10.4. The Bertz CT molecular complexity index is 1040. The molecule has 3 rings (SSSR count). The first kappa shape index (κ1) is 22.9. The standard InChI is InChI=1S/C19H20Br2N4O4S/c20-15-1-4-17(5-2-15)30(28,29)25-9-7-24(8-10-25)13-19(27)23-22-12-14-11-16(21)3-6-18(14)26/h1-6,11-12,26H,7-10,13H2,(H,23,27). The number of hydrogen-bond acceptors (Lipinski definition) is 6. The Morgan fingerprint density at radius 1 is 1.07 bits per heavy atom. The highest BCUT2D eigenvalue weighted by molar-refractivity contribution is 9.10. The summed E-state index contributed by atoms with van der Waals surface area (Å²) in [6.07, 6.45) is 1.36. The summed E-state index contributed by atoms with van der Waals surface area (Å²) in [4.78, 5) is 14.2. The summed E-state index contributed by atoms with van der Waals surface area (Å²) in [6.45, 7) is 1.61. The van der Waals surface area contributed by atoms with Crippen molar-refractivity contribution in [2.75, 3.05) is 32.7 Å². The van der Waals surface area contributed by atoms with E-state index >= 15 is 0 Å². The molecule has 1 amide bonds. The molecule has 0 unspecified atom stereocenters. The number of sulfonamides is 1. The zero-order valence-electron chi connectivity index (χ0n) is 15.8. The number of phenolic OH excluding ortho intramolecular Hbond substituents is 1. The van der Waals surface area contributed by atoms with E-state index in [1.807, 2.05) is 4.90 Å². The van der Waals surface area contributed by atoms with E-state index in [0.717, 1.165) is 8.95 Å². The number of rotatable bonds is 6. The fraction of sp³-hybridized carbons (Fsp3) is 0.263. The molecular weight excluding hydrogens is 540 g/mol. The number of halogens is 2. The molecular formula is C19H20Br2N4O4S. The molecule has 0 atom stereocenters. The van der Waals surface area contributed by atoms with Gasteiger partial charge in [0.2, 0.25) is 10.0 Å². The number of amides is 1. The minimum atomic E-state index is -3.55. The monoisotopic (exact) mass is 558 g/mol. The van der Waals surface area contributed by atoms with Gasteiger partial charge in [0.05, 0.1) is 17.7 Å². The minimum absolute atomic E-state index is 0.0549. The van der Waals surface area contributed by atoms with Gasteiger partial charge in [-0.1, -0.05) is 31.9 Å². The molecule has 8 nitrogen and oxygen atoms in total. The molecule has 2 aromatic carbocycles. The zero-order chi connectivity index (χ0) is 21.7. The van der Waals surface area contributed by atoms with Crippen molar-refractivity contribution in [3.8, 4) is 5.75 Å². The zero-order valence-corrected chi connectivity index (χ0v) is 19.8. The third-order valence-corrected chi connectivity index (χ3v) is 7.47. The van der Waals surface area contributed by atoms with Crippen LogP contribution in [0.3, 0.4) is 0 Å².